The van der Waals surface area contributed by atoms with Crippen LogP contribution in [-0.2, 0) is 20.7 Å². The Labute approximate surface area is 202 Å². The summed E-state index contributed by atoms with van der Waals surface area (Å²) in [7, 11) is 0. The van der Waals surface area contributed by atoms with Crippen LogP contribution in [0.25, 0.3) is 0 Å². The molecule has 2 saturated heterocycles. The zero-order valence-corrected chi connectivity index (χ0v) is 19.3. The Balaban J connectivity index is 1.34. The van der Waals surface area contributed by atoms with Crippen LogP contribution in [0.2, 0.25) is 0 Å². The maximum Gasteiger partial charge on any atom is 0.410 e. The lowest BCUT2D eigenvalue weighted by Gasteiger charge is -2.39. The van der Waals surface area contributed by atoms with E-state index in [-0.39, 0.29) is 24.3 Å². The van der Waals surface area contributed by atoms with Gasteiger partial charge in [-0.05, 0) is 30.2 Å². The number of carbonyl (C=O) groups is 3. The zero-order valence-electron chi connectivity index (χ0n) is 19.3. The third-order valence-corrected chi connectivity index (χ3v) is 7.47. The minimum atomic E-state index is -0.471. The summed E-state index contributed by atoms with van der Waals surface area (Å²) in [5.41, 5.74) is 1.52. The Morgan fingerprint density at radius 2 is 2.00 bits per heavy atom. The predicted octanol–water partition coefficient (Wildman–Crippen LogP) is 2.30. The van der Waals surface area contributed by atoms with E-state index in [1.165, 1.54) is 4.90 Å². The van der Waals surface area contributed by atoms with Gasteiger partial charge in [0.2, 0.25) is 11.8 Å². The molecule has 1 spiro atoms. The molecule has 5 heterocycles. The largest absolute Gasteiger partial charge is 0.489 e. The zero-order chi connectivity index (χ0) is 24.0. The molecule has 2 fully saturated rings. The van der Waals surface area contributed by atoms with Gasteiger partial charge in [-0.25, -0.2) is 4.79 Å². The highest BCUT2D eigenvalue weighted by Crippen LogP contribution is 2.52. The summed E-state index contributed by atoms with van der Waals surface area (Å²) in [6.07, 6.45) is 0.516. The van der Waals surface area contributed by atoms with E-state index in [1.807, 2.05) is 42.5 Å². The Morgan fingerprint density at radius 3 is 2.86 bits per heavy atom. The van der Waals surface area contributed by atoms with Gasteiger partial charge >= 0.3 is 6.09 Å². The average molecular weight is 478 g/mol. The number of nitrogens with one attached hydrogen (secondary N) is 1. The molecule has 3 amide bonds. The van der Waals surface area contributed by atoms with Crippen molar-refractivity contribution in [3.8, 4) is 17.2 Å². The Bertz CT molecular complexity index is 1200. The van der Waals surface area contributed by atoms with Crippen LogP contribution in [-0.4, -0.2) is 73.6 Å². The molecule has 2 aromatic rings. The van der Waals surface area contributed by atoms with Gasteiger partial charge in [0.1, 0.15) is 18.9 Å². The van der Waals surface area contributed by atoms with Crippen LogP contribution < -0.4 is 14.8 Å². The number of cyclic esters (lactones) is 1. The van der Waals surface area contributed by atoms with Gasteiger partial charge in [-0.3, -0.25) is 14.5 Å². The quantitative estimate of drug-likeness (QED) is 0.713. The number of hydrogen-bond donors (Lipinski definition) is 1. The second-order valence-electron chi connectivity index (χ2n) is 9.71. The number of benzene rings is 2. The van der Waals surface area contributed by atoms with Crippen molar-refractivity contribution in [2.75, 3.05) is 45.9 Å². The van der Waals surface area contributed by atoms with Crippen LogP contribution in [0.1, 0.15) is 23.5 Å². The maximum absolute atomic E-state index is 13.2. The standard InChI is InChI=1S/C26H27N3O6/c30-22-8-7-17-3-1-4-18(11-17)35-21-6-2-5-19-20-12-29(23(31)13-28-9-10-33-25(28)32)15-26(20,14-27-22)16-34-24(19)21/h1-6,11,20H,7-10,12-16H2,(H,27,30)/t20-,26+/m1/s1. The lowest BCUT2D eigenvalue weighted by molar-refractivity contribution is -0.131. The van der Waals surface area contributed by atoms with E-state index in [1.54, 1.807) is 4.90 Å². The van der Waals surface area contributed by atoms with Gasteiger partial charge in [0, 0.05) is 43.0 Å². The summed E-state index contributed by atoms with van der Waals surface area (Å²) in [4.78, 5) is 41.0. The third kappa shape index (κ3) is 3.94. The van der Waals surface area contributed by atoms with Gasteiger partial charge in [0.25, 0.3) is 0 Å². The summed E-state index contributed by atoms with van der Waals surface area (Å²) in [5, 5.41) is 3.11. The van der Waals surface area contributed by atoms with Crippen LogP contribution in [0.3, 0.4) is 0 Å². The molecule has 0 aromatic heterocycles. The van der Waals surface area contributed by atoms with Gasteiger partial charge in [0.05, 0.1) is 13.2 Å². The summed E-state index contributed by atoms with van der Waals surface area (Å²) in [6.45, 7) is 2.36. The number of ether oxygens (including phenoxy) is 3. The van der Waals surface area contributed by atoms with Crippen LogP contribution in [0.15, 0.2) is 42.5 Å². The number of rotatable bonds is 2. The topological polar surface area (TPSA) is 97.4 Å². The molecule has 5 aliphatic heterocycles. The Hall–Kier alpha value is -3.75. The highest BCUT2D eigenvalue weighted by Gasteiger charge is 2.53. The number of likely N-dealkylation sites (tertiary alicyclic amines) is 1. The van der Waals surface area contributed by atoms with Crippen molar-refractivity contribution < 1.29 is 28.6 Å². The summed E-state index contributed by atoms with van der Waals surface area (Å²) >= 11 is 0. The number of para-hydroxylation sites is 1. The van der Waals surface area contributed by atoms with E-state index in [9.17, 15) is 14.4 Å². The average Bonchev–Trinajstić information content (AvgIpc) is 3.45. The van der Waals surface area contributed by atoms with Crippen molar-refractivity contribution in [3.63, 3.8) is 0 Å². The first-order valence-electron chi connectivity index (χ1n) is 12.0. The number of carbonyl (C=O) groups excluding carboxylic acids is 3. The Kier molecular flexibility index (Phi) is 5.27. The molecule has 182 valence electrons. The molecule has 5 aliphatic rings. The van der Waals surface area contributed by atoms with E-state index in [2.05, 4.69) is 5.32 Å². The highest BCUT2D eigenvalue weighted by atomic mass is 16.6. The van der Waals surface area contributed by atoms with Gasteiger partial charge in [-0.15, -0.1) is 0 Å². The third-order valence-electron chi connectivity index (χ3n) is 7.47. The molecule has 9 heteroatoms. The molecule has 7 rings (SSSR count). The second-order valence-corrected chi connectivity index (χ2v) is 9.71. The van der Waals surface area contributed by atoms with Crippen LogP contribution in [0.4, 0.5) is 4.79 Å². The maximum atomic E-state index is 13.2. The molecule has 2 atom stereocenters. The molecule has 9 nitrogen and oxygen atoms in total. The fourth-order valence-electron chi connectivity index (χ4n) is 5.57. The number of hydrogen-bond acceptors (Lipinski definition) is 6. The smallest absolute Gasteiger partial charge is 0.410 e. The molecule has 35 heavy (non-hydrogen) atoms. The summed E-state index contributed by atoms with van der Waals surface area (Å²) in [5.74, 6) is 1.80. The SMILES string of the molecule is O=C1CCc2cccc(c2)Oc2cccc3c2OC[C@]2(CN1)CN(C(=O)CN1CCOC1=O)C[C@H]32. The van der Waals surface area contributed by atoms with Gasteiger partial charge in [-0.1, -0.05) is 24.3 Å². The predicted molar refractivity (Wildman–Crippen MR) is 124 cm³/mol. The molecule has 0 aliphatic carbocycles. The first-order valence-corrected chi connectivity index (χ1v) is 12.0. The fraction of sp³-hybridized carbons (Fsp3) is 0.423. The van der Waals surface area contributed by atoms with Crippen molar-refractivity contribution in [1.82, 2.24) is 15.1 Å². The van der Waals surface area contributed by atoms with E-state index in [4.69, 9.17) is 14.2 Å². The lowest BCUT2D eigenvalue weighted by atomic mass is 9.73. The Morgan fingerprint density at radius 1 is 1.11 bits per heavy atom. The van der Waals surface area contributed by atoms with E-state index in [0.717, 1.165) is 11.1 Å². The minimum absolute atomic E-state index is 0.0134. The molecule has 2 aromatic carbocycles. The molecule has 0 unspecified atom stereocenters. The summed E-state index contributed by atoms with van der Waals surface area (Å²) < 4.78 is 17.5. The van der Waals surface area contributed by atoms with E-state index in [0.29, 0.717) is 69.5 Å². The lowest BCUT2D eigenvalue weighted by Crippen LogP contribution is -2.48. The fourth-order valence-corrected chi connectivity index (χ4v) is 5.57. The van der Waals surface area contributed by atoms with Crippen LogP contribution >= 0.6 is 0 Å². The molecule has 0 radical (unpaired) electrons. The van der Waals surface area contributed by atoms with Gasteiger partial charge in [-0.2, -0.15) is 0 Å². The summed E-state index contributed by atoms with van der Waals surface area (Å²) in [6, 6.07) is 13.6. The molecule has 1 N–H and O–H groups in total. The van der Waals surface area contributed by atoms with Crippen molar-refractivity contribution >= 4 is 17.9 Å². The van der Waals surface area contributed by atoms with E-state index < -0.39 is 11.5 Å². The first kappa shape index (κ1) is 21.8. The number of fused-ring (bicyclic) bond motifs is 5. The second kappa shape index (κ2) is 8.48. The molecular formula is C26H27N3O6. The number of aryl methyl sites for hydroxylation is 1. The van der Waals surface area contributed by atoms with Gasteiger partial charge < -0.3 is 24.4 Å². The van der Waals surface area contributed by atoms with Crippen molar-refractivity contribution in [2.24, 2.45) is 5.41 Å². The number of amides is 3. The van der Waals surface area contributed by atoms with Gasteiger partial charge in [0.15, 0.2) is 11.5 Å². The molecule has 0 saturated carbocycles. The van der Waals surface area contributed by atoms with E-state index >= 15 is 0 Å². The minimum Gasteiger partial charge on any atom is -0.489 e. The van der Waals surface area contributed by atoms with Crippen molar-refractivity contribution in [3.05, 3.63) is 53.6 Å². The normalized spacial score (nSPS) is 25.2. The number of nitrogens with zero attached hydrogens (tertiary/aromatic N) is 2. The van der Waals surface area contributed by atoms with Crippen LogP contribution in [0, 0.1) is 5.41 Å². The van der Waals surface area contributed by atoms with Crippen LogP contribution in [0.5, 0.6) is 17.2 Å². The monoisotopic (exact) mass is 477 g/mol. The molecular weight excluding hydrogens is 450 g/mol. The molecule has 6 bridgehead atoms. The highest BCUT2D eigenvalue weighted by molar-refractivity contribution is 5.83. The first-order chi connectivity index (χ1) is 17.0. The van der Waals surface area contributed by atoms with Crippen molar-refractivity contribution in [2.45, 2.75) is 18.8 Å². The van der Waals surface area contributed by atoms with Crippen molar-refractivity contribution in [1.29, 1.82) is 0 Å².